The number of hydrogen-bond acceptors (Lipinski definition) is 3. The highest BCUT2D eigenvalue weighted by Gasteiger charge is 2.15. The van der Waals surface area contributed by atoms with Crippen LogP contribution in [0.3, 0.4) is 0 Å². The van der Waals surface area contributed by atoms with Crippen LogP contribution in [0.1, 0.15) is 10.7 Å². The fourth-order valence-corrected chi connectivity index (χ4v) is 2.26. The average molecular weight is 236 g/mol. The fraction of sp³-hybridized carbons (Fsp3) is 0.0909. The number of nitriles is 1. The van der Waals surface area contributed by atoms with Gasteiger partial charge in [-0.15, -0.1) is 11.3 Å². The van der Waals surface area contributed by atoms with Crippen molar-refractivity contribution in [1.82, 2.24) is 4.98 Å². The summed E-state index contributed by atoms with van der Waals surface area (Å²) in [6, 6.07) is 5.84. The zero-order valence-corrected chi connectivity index (χ0v) is 9.11. The molecule has 0 aliphatic carbocycles. The molecule has 2 rings (SSSR count). The molecule has 1 heterocycles. The van der Waals surface area contributed by atoms with Gasteiger partial charge < -0.3 is 0 Å². The van der Waals surface area contributed by atoms with Crippen molar-refractivity contribution in [2.75, 3.05) is 0 Å². The Morgan fingerprint density at radius 3 is 2.75 bits per heavy atom. The van der Waals surface area contributed by atoms with Crippen LogP contribution in [0.2, 0.25) is 0 Å². The van der Waals surface area contributed by atoms with Crippen molar-refractivity contribution in [2.45, 2.75) is 6.92 Å². The van der Waals surface area contributed by atoms with Crippen molar-refractivity contribution >= 4 is 11.3 Å². The summed E-state index contributed by atoms with van der Waals surface area (Å²) in [5, 5.41) is 8.92. The molecule has 0 atom stereocenters. The van der Waals surface area contributed by atoms with E-state index in [9.17, 15) is 8.78 Å². The number of hydrogen-bond donors (Lipinski definition) is 0. The lowest BCUT2D eigenvalue weighted by atomic mass is 10.1. The molecule has 16 heavy (non-hydrogen) atoms. The second-order valence-electron chi connectivity index (χ2n) is 3.15. The van der Waals surface area contributed by atoms with E-state index in [1.807, 2.05) is 6.07 Å². The van der Waals surface area contributed by atoms with E-state index in [2.05, 4.69) is 4.98 Å². The molecule has 80 valence electrons. The third-order valence-electron chi connectivity index (χ3n) is 2.09. The Bertz CT molecular complexity index is 584. The summed E-state index contributed by atoms with van der Waals surface area (Å²) in [7, 11) is 0. The zero-order chi connectivity index (χ0) is 11.7. The molecule has 1 aromatic carbocycles. The maximum atomic E-state index is 13.5. The second-order valence-corrected chi connectivity index (χ2v) is 4.15. The van der Waals surface area contributed by atoms with Gasteiger partial charge in [0.1, 0.15) is 6.07 Å². The summed E-state index contributed by atoms with van der Waals surface area (Å²) in [5.74, 6) is -1.80. The van der Waals surface area contributed by atoms with Crippen LogP contribution in [0.5, 0.6) is 0 Å². The highest BCUT2D eigenvalue weighted by molar-refractivity contribution is 7.15. The quantitative estimate of drug-likeness (QED) is 0.762. The molecule has 0 N–H and O–H groups in total. The summed E-state index contributed by atoms with van der Waals surface area (Å²) in [6.45, 7) is 1.66. The minimum atomic E-state index is -0.904. The van der Waals surface area contributed by atoms with Crippen molar-refractivity contribution in [2.24, 2.45) is 0 Å². The molecule has 0 saturated carbocycles. The third-order valence-corrected chi connectivity index (χ3v) is 3.18. The molecule has 0 saturated heterocycles. The Morgan fingerprint density at radius 2 is 2.12 bits per heavy atom. The highest BCUT2D eigenvalue weighted by Crippen LogP contribution is 2.32. The molecule has 0 amide bonds. The second kappa shape index (κ2) is 3.99. The predicted molar refractivity (Wildman–Crippen MR) is 56.9 cm³/mol. The molecule has 0 spiro atoms. The number of nitrogens with zero attached hydrogens (tertiary/aromatic N) is 2. The van der Waals surface area contributed by atoms with Crippen LogP contribution in [-0.2, 0) is 0 Å². The van der Waals surface area contributed by atoms with Gasteiger partial charge in [-0.2, -0.15) is 5.26 Å². The largest absolute Gasteiger partial charge is 0.231 e. The lowest BCUT2D eigenvalue weighted by molar-refractivity contribution is 0.511. The molecule has 0 aliphatic rings. The van der Waals surface area contributed by atoms with Gasteiger partial charge in [-0.25, -0.2) is 13.8 Å². The first-order valence-corrected chi connectivity index (χ1v) is 5.27. The Morgan fingerprint density at radius 1 is 1.38 bits per heavy atom. The Balaban J connectivity index is 2.64. The molecular weight excluding hydrogens is 230 g/mol. The fourth-order valence-electron chi connectivity index (χ4n) is 1.37. The summed E-state index contributed by atoms with van der Waals surface area (Å²) in [6.07, 6.45) is 0. The summed E-state index contributed by atoms with van der Waals surface area (Å²) in [4.78, 5) is 4.44. The van der Waals surface area contributed by atoms with Gasteiger partial charge in [-0.1, -0.05) is 12.1 Å². The lowest BCUT2D eigenvalue weighted by Crippen LogP contribution is -1.88. The van der Waals surface area contributed by atoms with E-state index >= 15 is 0 Å². The number of rotatable bonds is 1. The van der Waals surface area contributed by atoms with Gasteiger partial charge in [0.05, 0.1) is 10.6 Å². The van der Waals surface area contributed by atoms with E-state index in [-0.39, 0.29) is 10.6 Å². The summed E-state index contributed by atoms with van der Waals surface area (Å²) in [5.41, 5.74) is 0.683. The van der Waals surface area contributed by atoms with Gasteiger partial charge in [-0.05, 0) is 13.0 Å². The van der Waals surface area contributed by atoms with E-state index in [1.54, 1.807) is 6.92 Å². The van der Waals surface area contributed by atoms with E-state index in [1.165, 1.54) is 12.1 Å². The summed E-state index contributed by atoms with van der Waals surface area (Å²) < 4.78 is 26.5. The molecule has 5 heteroatoms. The standard InChI is InChI=1S/C11H6F2N2S/c1-6-11(16-9(5-14)15-6)7-3-2-4-8(12)10(7)13/h2-4H,1H3. The highest BCUT2D eigenvalue weighted by atomic mass is 32.1. The number of benzene rings is 1. The molecule has 2 aromatic rings. The van der Waals surface area contributed by atoms with Crippen molar-refractivity contribution < 1.29 is 8.78 Å². The zero-order valence-electron chi connectivity index (χ0n) is 8.29. The third kappa shape index (κ3) is 1.68. The molecule has 1 aromatic heterocycles. The van der Waals surface area contributed by atoms with Crippen molar-refractivity contribution in [3.63, 3.8) is 0 Å². The Hall–Kier alpha value is -1.80. The van der Waals surface area contributed by atoms with E-state index in [4.69, 9.17) is 5.26 Å². The van der Waals surface area contributed by atoms with Crippen LogP contribution in [0.15, 0.2) is 18.2 Å². The van der Waals surface area contributed by atoms with Crippen LogP contribution in [0, 0.1) is 29.9 Å². The molecule has 0 aliphatic heterocycles. The van der Waals surface area contributed by atoms with Crippen LogP contribution in [0.4, 0.5) is 8.78 Å². The maximum absolute atomic E-state index is 13.5. The summed E-state index contributed by atoms with van der Waals surface area (Å²) >= 11 is 1.06. The van der Waals surface area contributed by atoms with Gasteiger partial charge >= 0.3 is 0 Å². The molecule has 0 bridgehead atoms. The van der Waals surface area contributed by atoms with Crippen molar-refractivity contribution in [1.29, 1.82) is 5.26 Å². The Labute approximate surface area is 94.8 Å². The van der Waals surface area contributed by atoms with Gasteiger partial charge in [0.25, 0.3) is 0 Å². The smallest absolute Gasteiger partial charge is 0.195 e. The number of aromatic nitrogens is 1. The minimum absolute atomic E-state index is 0.150. The first-order valence-electron chi connectivity index (χ1n) is 4.45. The molecule has 0 unspecified atom stereocenters. The maximum Gasteiger partial charge on any atom is 0.195 e. The molecule has 0 fully saturated rings. The molecule has 2 nitrogen and oxygen atoms in total. The van der Waals surface area contributed by atoms with Crippen molar-refractivity contribution in [3.05, 3.63) is 40.5 Å². The first-order chi connectivity index (χ1) is 7.63. The van der Waals surface area contributed by atoms with Gasteiger partial charge in [0.2, 0.25) is 0 Å². The minimum Gasteiger partial charge on any atom is -0.231 e. The van der Waals surface area contributed by atoms with E-state index in [0.717, 1.165) is 17.4 Å². The predicted octanol–water partition coefficient (Wildman–Crippen LogP) is 3.27. The van der Waals surface area contributed by atoms with Gasteiger partial charge in [0, 0.05) is 5.56 Å². The van der Waals surface area contributed by atoms with Crippen molar-refractivity contribution in [3.8, 4) is 16.5 Å². The normalized spacial score (nSPS) is 10.1. The van der Waals surface area contributed by atoms with Gasteiger partial charge in [-0.3, -0.25) is 0 Å². The van der Waals surface area contributed by atoms with Crippen LogP contribution in [-0.4, -0.2) is 4.98 Å². The number of aryl methyl sites for hydroxylation is 1. The van der Waals surface area contributed by atoms with Crippen LogP contribution >= 0.6 is 11.3 Å². The SMILES string of the molecule is Cc1nc(C#N)sc1-c1cccc(F)c1F. The van der Waals surface area contributed by atoms with E-state index < -0.39 is 11.6 Å². The van der Waals surface area contributed by atoms with Crippen LogP contribution < -0.4 is 0 Å². The molecule has 0 radical (unpaired) electrons. The molecular formula is C11H6F2N2S. The van der Waals surface area contributed by atoms with Crippen LogP contribution in [0.25, 0.3) is 10.4 Å². The lowest BCUT2D eigenvalue weighted by Gasteiger charge is -2.01. The van der Waals surface area contributed by atoms with E-state index in [0.29, 0.717) is 10.6 Å². The monoisotopic (exact) mass is 236 g/mol. The average Bonchev–Trinajstić information content (AvgIpc) is 2.64. The Kier molecular flexibility index (Phi) is 2.67. The number of halogens is 2. The number of thiazole rings is 1. The first kappa shape index (κ1) is 10.7. The topological polar surface area (TPSA) is 36.7 Å². The van der Waals surface area contributed by atoms with Gasteiger partial charge in [0.15, 0.2) is 16.6 Å².